The van der Waals surface area contributed by atoms with Crippen molar-refractivity contribution >= 4 is 17.6 Å². The summed E-state index contributed by atoms with van der Waals surface area (Å²) in [6, 6.07) is 16.9. The van der Waals surface area contributed by atoms with Crippen LogP contribution in [0.5, 0.6) is 17.5 Å². The molecule has 2 aromatic heterocycles. The van der Waals surface area contributed by atoms with E-state index in [1.165, 1.54) is 7.11 Å². The minimum absolute atomic E-state index is 0.0752. The molecule has 0 saturated carbocycles. The fraction of sp³-hybridized carbons (Fsp3) is 0.100. The Balaban J connectivity index is 1.47. The van der Waals surface area contributed by atoms with Gasteiger partial charge in [-0.25, -0.2) is 0 Å². The third kappa shape index (κ3) is 4.41. The molecular weight excluding hydrogens is 370 g/mol. The van der Waals surface area contributed by atoms with Crippen LogP contribution in [0.2, 0.25) is 0 Å². The number of methoxy groups -OCH3 is 1. The van der Waals surface area contributed by atoms with Crippen LogP contribution in [0.4, 0.5) is 17.6 Å². The highest BCUT2D eigenvalue weighted by molar-refractivity contribution is 5.60. The first-order valence-electron chi connectivity index (χ1n) is 8.82. The lowest BCUT2D eigenvalue weighted by molar-refractivity contribution is 0.389. The minimum atomic E-state index is 0.0752. The average molecular weight is 389 g/mol. The van der Waals surface area contributed by atoms with Crippen LogP contribution in [-0.4, -0.2) is 32.3 Å². The third-order valence-electron chi connectivity index (χ3n) is 4.02. The fourth-order valence-corrected chi connectivity index (χ4v) is 2.68. The quantitative estimate of drug-likeness (QED) is 0.456. The molecule has 9 heteroatoms. The summed E-state index contributed by atoms with van der Waals surface area (Å²) in [4.78, 5) is 12.4. The number of H-pyrrole nitrogens is 1. The molecule has 0 fully saturated rings. The summed E-state index contributed by atoms with van der Waals surface area (Å²) in [5.74, 6) is 2.43. The van der Waals surface area contributed by atoms with Crippen molar-refractivity contribution in [3.8, 4) is 28.9 Å². The van der Waals surface area contributed by atoms with E-state index < -0.39 is 0 Å². The summed E-state index contributed by atoms with van der Waals surface area (Å²) in [5.41, 5.74) is 8.60. The van der Waals surface area contributed by atoms with Crippen molar-refractivity contribution in [2.75, 3.05) is 18.2 Å². The third-order valence-corrected chi connectivity index (χ3v) is 4.02. The Labute approximate surface area is 167 Å². The van der Waals surface area contributed by atoms with Crippen molar-refractivity contribution < 1.29 is 9.47 Å². The van der Waals surface area contributed by atoms with Gasteiger partial charge in [0, 0.05) is 11.3 Å². The van der Waals surface area contributed by atoms with Crippen LogP contribution in [0, 0.1) is 6.92 Å². The van der Waals surface area contributed by atoms with Gasteiger partial charge in [0.25, 0.3) is 0 Å². The Bertz CT molecular complexity index is 1130. The number of nitrogens with zero attached hydrogens (tertiary/aromatic N) is 4. The smallest absolute Gasteiger partial charge is 0.246 e. The van der Waals surface area contributed by atoms with E-state index in [9.17, 15) is 0 Å². The molecule has 0 bridgehead atoms. The molecule has 4 aromatic rings. The van der Waals surface area contributed by atoms with Crippen molar-refractivity contribution in [3.63, 3.8) is 0 Å². The predicted molar refractivity (Wildman–Crippen MR) is 109 cm³/mol. The Morgan fingerprint density at radius 3 is 2.52 bits per heavy atom. The number of benzene rings is 2. The van der Waals surface area contributed by atoms with Crippen molar-refractivity contribution in [1.29, 1.82) is 0 Å². The van der Waals surface area contributed by atoms with Gasteiger partial charge >= 0.3 is 0 Å². The van der Waals surface area contributed by atoms with Crippen LogP contribution < -0.4 is 20.5 Å². The molecule has 0 amide bonds. The highest BCUT2D eigenvalue weighted by atomic mass is 16.5. The fourth-order valence-electron chi connectivity index (χ4n) is 2.68. The van der Waals surface area contributed by atoms with E-state index in [4.69, 9.17) is 15.2 Å². The maximum atomic E-state index is 5.72. The Hall–Kier alpha value is -4.14. The summed E-state index contributed by atoms with van der Waals surface area (Å²) in [6.07, 6.45) is 0. The van der Waals surface area contributed by atoms with E-state index in [-0.39, 0.29) is 5.95 Å². The Morgan fingerprint density at radius 2 is 1.76 bits per heavy atom. The van der Waals surface area contributed by atoms with Crippen LogP contribution in [0.1, 0.15) is 5.56 Å². The molecule has 29 heavy (non-hydrogen) atoms. The zero-order chi connectivity index (χ0) is 20.2. The molecule has 146 valence electrons. The number of hydrogen-bond acceptors (Lipinski definition) is 8. The van der Waals surface area contributed by atoms with Crippen molar-refractivity contribution in [1.82, 2.24) is 25.1 Å². The van der Waals surface area contributed by atoms with Crippen LogP contribution in [-0.2, 0) is 0 Å². The highest BCUT2D eigenvalue weighted by Crippen LogP contribution is 2.26. The van der Waals surface area contributed by atoms with E-state index in [0.29, 0.717) is 29.3 Å². The minimum Gasteiger partial charge on any atom is -0.481 e. The van der Waals surface area contributed by atoms with Gasteiger partial charge in [0.2, 0.25) is 23.7 Å². The van der Waals surface area contributed by atoms with Gasteiger partial charge < -0.3 is 20.5 Å². The lowest BCUT2D eigenvalue weighted by Gasteiger charge is -2.07. The molecular formula is C20H19N7O2. The maximum Gasteiger partial charge on any atom is 0.246 e. The largest absolute Gasteiger partial charge is 0.481 e. The number of nitrogens with one attached hydrogen (secondary N) is 2. The average Bonchev–Trinajstić information content (AvgIpc) is 3.16. The summed E-state index contributed by atoms with van der Waals surface area (Å²) < 4.78 is 10.8. The molecule has 9 nitrogen and oxygen atoms in total. The lowest BCUT2D eigenvalue weighted by Crippen LogP contribution is -1.99. The number of ether oxygens (including phenoxy) is 2. The first-order chi connectivity index (χ1) is 14.1. The van der Waals surface area contributed by atoms with Crippen LogP contribution >= 0.6 is 0 Å². The molecule has 0 spiro atoms. The standard InChI is InChI=1S/C20H19N7O2/c1-12-4-3-5-14(10-12)22-20-25-18(26-27-20)13-6-8-15(9-7-13)29-17-11-16(28-2)23-19(21)24-17/h3-11H,1-2H3,(H2,21,23,24)(H2,22,25,26,27). The van der Waals surface area contributed by atoms with Crippen molar-refractivity contribution in [3.05, 3.63) is 60.2 Å². The molecule has 0 atom stereocenters. The van der Waals surface area contributed by atoms with Crippen LogP contribution in [0.15, 0.2) is 54.6 Å². The molecule has 0 aliphatic carbocycles. The van der Waals surface area contributed by atoms with Gasteiger partial charge in [0.1, 0.15) is 5.75 Å². The van der Waals surface area contributed by atoms with Crippen molar-refractivity contribution in [2.45, 2.75) is 6.92 Å². The number of aromatic amines is 1. The summed E-state index contributed by atoms with van der Waals surface area (Å²) >= 11 is 0. The SMILES string of the molecule is COc1cc(Oc2ccc(-c3nc(Nc4cccc(C)c4)n[nH]3)cc2)nc(N)n1. The summed E-state index contributed by atoms with van der Waals surface area (Å²) in [5, 5.41) is 10.3. The summed E-state index contributed by atoms with van der Waals surface area (Å²) in [7, 11) is 1.50. The van der Waals surface area contributed by atoms with Crippen LogP contribution in [0.25, 0.3) is 11.4 Å². The molecule has 4 N–H and O–H groups in total. The molecule has 0 saturated heterocycles. The second-order valence-electron chi connectivity index (χ2n) is 6.24. The van der Waals surface area contributed by atoms with E-state index in [1.54, 1.807) is 18.2 Å². The Morgan fingerprint density at radius 1 is 0.966 bits per heavy atom. The maximum absolute atomic E-state index is 5.72. The zero-order valence-corrected chi connectivity index (χ0v) is 15.9. The molecule has 0 radical (unpaired) electrons. The van der Waals surface area contributed by atoms with Gasteiger partial charge in [-0.3, -0.25) is 5.10 Å². The monoisotopic (exact) mass is 389 g/mol. The van der Waals surface area contributed by atoms with Gasteiger partial charge in [-0.15, -0.1) is 5.10 Å². The summed E-state index contributed by atoms with van der Waals surface area (Å²) in [6.45, 7) is 2.03. The van der Waals surface area contributed by atoms with E-state index in [1.807, 2.05) is 43.3 Å². The van der Waals surface area contributed by atoms with Gasteiger partial charge in [-0.05, 0) is 48.9 Å². The molecule has 0 aliphatic rings. The number of anilines is 3. The first kappa shape index (κ1) is 18.2. The van der Waals surface area contributed by atoms with E-state index >= 15 is 0 Å². The zero-order valence-electron chi connectivity index (χ0n) is 15.9. The van der Waals surface area contributed by atoms with Gasteiger partial charge in [0.05, 0.1) is 13.2 Å². The number of aromatic nitrogens is 5. The number of rotatable bonds is 6. The highest BCUT2D eigenvalue weighted by Gasteiger charge is 2.08. The topological polar surface area (TPSA) is 124 Å². The molecule has 0 unspecified atom stereocenters. The molecule has 4 rings (SSSR count). The molecule has 2 heterocycles. The second kappa shape index (κ2) is 7.85. The number of nitrogens with two attached hydrogens (primary N) is 1. The van der Waals surface area contributed by atoms with Gasteiger partial charge in [0.15, 0.2) is 5.82 Å². The normalized spacial score (nSPS) is 10.6. The first-order valence-corrected chi connectivity index (χ1v) is 8.82. The van der Waals surface area contributed by atoms with Gasteiger partial charge in [-0.2, -0.15) is 15.0 Å². The van der Waals surface area contributed by atoms with Crippen molar-refractivity contribution in [2.24, 2.45) is 0 Å². The molecule has 0 aliphatic heterocycles. The predicted octanol–water partition coefficient (Wildman–Crippen LogP) is 3.70. The van der Waals surface area contributed by atoms with E-state index in [2.05, 4.69) is 30.5 Å². The van der Waals surface area contributed by atoms with E-state index in [0.717, 1.165) is 16.8 Å². The number of nitrogen functional groups attached to an aromatic ring is 1. The second-order valence-corrected chi connectivity index (χ2v) is 6.24. The number of aryl methyl sites for hydroxylation is 1. The lowest BCUT2D eigenvalue weighted by atomic mass is 10.2. The molecule has 2 aromatic carbocycles. The number of hydrogen-bond donors (Lipinski definition) is 3. The van der Waals surface area contributed by atoms with Crippen LogP contribution in [0.3, 0.4) is 0 Å². The Kier molecular flexibility index (Phi) is 4.93. The van der Waals surface area contributed by atoms with Gasteiger partial charge in [-0.1, -0.05) is 12.1 Å².